The molecule has 0 aromatic carbocycles. The van der Waals surface area contributed by atoms with Crippen LogP contribution >= 0.6 is 0 Å². The Bertz CT molecular complexity index is 242. The van der Waals surface area contributed by atoms with Crippen molar-refractivity contribution in [2.75, 3.05) is 32.7 Å². The quantitative estimate of drug-likeness (QED) is 0.761. The van der Waals surface area contributed by atoms with Crippen molar-refractivity contribution in [3.8, 4) is 0 Å². The first-order chi connectivity index (χ1) is 8.51. The Morgan fingerprint density at radius 1 is 0.833 bits per heavy atom. The summed E-state index contributed by atoms with van der Waals surface area (Å²) < 4.78 is 0. The summed E-state index contributed by atoms with van der Waals surface area (Å²) in [5, 5.41) is 0. The summed E-state index contributed by atoms with van der Waals surface area (Å²) in [4.78, 5) is 5.34. The van der Waals surface area contributed by atoms with Gasteiger partial charge in [-0.2, -0.15) is 0 Å². The minimum Gasteiger partial charge on any atom is -0.303 e. The van der Waals surface area contributed by atoms with Crippen LogP contribution in [0.3, 0.4) is 0 Å². The Balaban J connectivity index is 1.79. The monoisotopic (exact) mass is 252 g/mol. The van der Waals surface area contributed by atoms with E-state index in [1.165, 1.54) is 58.4 Å². The van der Waals surface area contributed by atoms with Gasteiger partial charge in [-0.3, -0.25) is 0 Å². The SMILES string of the molecule is CC(C)CN1CCC2(CC1)CCN(C(C)C)CC2. The van der Waals surface area contributed by atoms with E-state index in [1.54, 1.807) is 0 Å². The smallest absolute Gasteiger partial charge is 0.00385 e. The highest BCUT2D eigenvalue weighted by Crippen LogP contribution is 2.41. The lowest BCUT2D eigenvalue weighted by atomic mass is 9.71. The van der Waals surface area contributed by atoms with Crippen molar-refractivity contribution >= 4 is 0 Å². The van der Waals surface area contributed by atoms with Crippen molar-refractivity contribution in [3.05, 3.63) is 0 Å². The van der Waals surface area contributed by atoms with Gasteiger partial charge in [0.2, 0.25) is 0 Å². The molecular weight excluding hydrogens is 220 g/mol. The highest BCUT2D eigenvalue weighted by atomic mass is 15.2. The van der Waals surface area contributed by atoms with Gasteiger partial charge in [0, 0.05) is 12.6 Å². The van der Waals surface area contributed by atoms with E-state index in [4.69, 9.17) is 0 Å². The Morgan fingerprint density at radius 3 is 1.78 bits per heavy atom. The predicted molar refractivity (Wildman–Crippen MR) is 78.9 cm³/mol. The first-order valence-electron chi connectivity index (χ1n) is 7.97. The van der Waals surface area contributed by atoms with Gasteiger partial charge in [-0.25, -0.2) is 0 Å². The minimum absolute atomic E-state index is 0.707. The molecule has 0 N–H and O–H groups in total. The summed E-state index contributed by atoms with van der Waals surface area (Å²) in [6.07, 6.45) is 5.79. The standard InChI is InChI=1S/C16H32N2/c1-14(2)13-17-9-5-16(6-10-17)7-11-18(12-8-16)15(3)4/h14-15H,5-13H2,1-4H3. The molecule has 106 valence electrons. The maximum absolute atomic E-state index is 2.69. The van der Waals surface area contributed by atoms with Gasteiger partial charge in [0.05, 0.1) is 0 Å². The Morgan fingerprint density at radius 2 is 1.33 bits per heavy atom. The van der Waals surface area contributed by atoms with Gasteiger partial charge < -0.3 is 9.80 Å². The maximum Gasteiger partial charge on any atom is 0.00385 e. The molecule has 2 rings (SSSR count). The third kappa shape index (κ3) is 3.48. The van der Waals surface area contributed by atoms with Gasteiger partial charge in [-0.15, -0.1) is 0 Å². The van der Waals surface area contributed by atoms with Crippen LogP contribution < -0.4 is 0 Å². The van der Waals surface area contributed by atoms with Gasteiger partial charge >= 0.3 is 0 Å². The summed E-state index contributed by atoms with van der Waals surface area (Å²) >= 11 is 0. The Hall–Kier alpha value is -0.0800. The molecule has 0 aromatic heterocycles. The van der Waals surface area contributed by atoms with Crippen LogP contribution in [0.4, 0.5) is 0 Å². The number of hydrogen-bond acceptors (Lipinski definition) is 2. The highest BCUT2D eigenvalue weighted by Gasteiger charge is 2.37. The summed E-state index contributed by atoms with van der Waals surface area (Å²) in [6, 6.07) is 0.739. The summed E-state index contributed by atoms with van der Waals surface area (Å²) in [5.74, 6) is 0.821. The second kappa shape index (κ2) is 5.92. The van der Waals surface area contributed by atoms with Crippen LogP contribution in [0.25, 0.3) is 0 Å². The topological polar surface area (TPSA) is 6.48 Å². The van der Waals surface area contributed by atoms with Crippen LogP contribution in [0.5, 0.6) is 0 Å². The zero-order valence-corrected chi connectivity index (χ0v) is 12.9. The van der Waals surface area contributed by atoms with E-state index in [-0.39, 0.29) is 0 Å². The van der Waals surface area contributed by atoms with E-state index < -0.39 is 0 Å². The average molecular weight is 252 g/mol. The van der Waals surface area contributed by atoms with Gasteiger partial charge in [0.15, 0.2) is 0 Å². The molecular formula is C16H32N2. The number of hydrogen-bond donors (Lipinski definition) is 0. The molecule has 1 spiro atoms. The number of piperidine rings is 2. The molecule has 2 aliphatic rings. The first-order valence-corrected chi connectivity index (χ1v) is 7.97. The van der Waals surface area contributed by atoms with Crippen LogP contribution in [0.1, 0.15) is 53.4 Å². The van der Waals surface area contributed by atoms with E-state index in [2.05, 4.69) is 37.5 Å². The molecule has 2 heterocycles. The largest absolute Gasteiger partial charge is 0.303 e. The van der Waals surface area contributed by atoms with E-state index in [9.17, 15) is 0 Å². The number of rotatable bonds is 3. The third-order valence-electron chi connectivity index (χ3n) is 5.13. The van der Waals surface area contributed by atoms with Gasteiger partial charge in [0.1, 0.15) is 0 Å². The third-order valence-corrected chi connectivity index (χ3v) is 5.13. The normalized spacial score (nSPS) is 26.3. The molecule has 0 atom stereocenters. The van der Waals surface area contributed by atoms with Crippen molar-refractivity contribution in [1.82, 2.24) is 9.80 Å². The van der Waals surface area contributed by atoms with Gasteiger partial charge in [0.25, 0.3) is 0 Å². The minimum atomic E-state index is 0.707. The summed E-state index contributed by atoms with van der Waals surface area (Å²) in [7, 11) is 0. The van der Waals surface area contributed by atoms with Crippen LogP contribution in [-0.4, -0.2) is 48.6 Å². The highest BCUT2D eigenvalue weighted by molar-refractivity contribution is 4.91. The number of likely N-dealkylation sites (tertiary alicyclic amines) is 2. The lowest BCUT2D eigenvalue weighted by molar-refractivity contribution is 0.0223. The maximum atomic E-state index is 2.69. The molecule has 0 radical (unpaired) electrons. The van der Waals surface area contributed by atoms with E-state index >= 15 is 0 Å². The van der Waals surface area contributed by atoms with Crippen LogP contribution in [0.15, 0.2) is 0 Å². The van der Waals surface area contributed by atoms with Crippen LogP contribution in [0.2, 0.25) is 0 Å². The lowest BCUT2D eigenvalue weighted by Gasteiger charge is -2.48. The molecule has 2 fully saturated rings. The van der Waals surface area contributed by atoms with Crippen molar-refractivity contribution in [3.63, 3.8) is 0 Å². The molecule has 0 unspecified atom stereocenters. The molecule has 2 saturated heterocycles. The molecule has 2 nitrogen and oxygen atoms in total. The van der Waals surface area contributed by atoms with Crippen molar-refractivity contribution in [2.24, 2.45) is 11.3 Å². The Kier molecular flexibility index (Phi) is 4.71. The lowest BCUT2D eigenvalue weighted by Crippen LogP contribution is -2.48. The molecule has 0 amide bonds. The molecule has 0 bridgehead atoms. The van der Waals surface area contributed by atoms with E-state index in [1.807, 2.05) is 0 Å². The number of nitrogens with zero attached hydrogens (tertiary/aromatic N) is 2. The second-order valence-corrected chi connectivity index (χ2v) is 7.32. The molecule has 0 aromatic rings. The predicted octanol–water partition coefficient (Wildman–Crippen LogP) is 3.23. The van der Waals surface area contributed by atoms with E-state index in [0.29, 0.717) is 5.41 Å². The fraction of sp³-hybridized carbons (Fsp3) is 1.00. The van der Waals surface area contributed by atoms with E-state index in [0.717, 1.165) is 12.0 Å². The molecule has 18 heavy (non-hydrogen) atoms. The molecule has 0 saturated carbocycles. The Labute approximate surface area is 114 Å². The fourth-order valence-electron chi connectivity index (χ4n) is 3.74. The molecule has 2 heteroatoms. The van der Waals surface area contributed by atoms with Crippen molar-refractivity contribution < 1.29 is 0 Å². The van der Waals surface area contributed by atoms with Crippen molar-refractivity contribution in [1.29, 1.82) is 0 Å². The van der Waals surface area contributed by atoms with Crippen molar-refractivity contribution in [2.45, 2.75) is 59.4 Å². The van der Waals surface area contributed by atoms with Gasteiger partial charge in [-0.05, 0) is 77.0 Å². The van der Waals surface area contributed by atoms with Crippen LogP contribution in [0, 0.1) is 11.3 Å². The zero-order valence-electron chi connectivity index (χ0n) is 12.9. The molecule has 0 aliphatic carbocycles. The second-order valence-electron chi connectivity index (χ2n) is 7.32. The van der Waals surface area contributed by atoms with Crippen LogP contribution in [-0.2, 0) is 0 Å². The first kappa shape index (κ1) is 14.3. The average Bonchev–Trinajstić information content (AvgIpc) is 2.32. The summed E-state index contributed by atoms with van der Waals surface area (Å²) in [6.45, 7) is 16.0. The van der Waals surface area contributed by atoms with Gasteiger partial charge in [-0.1, -0.05) is 13.8 Å². The molecule has 2 aliphatic heterocycles. The fourth-order valence-corrected chi connectivity index (χ4v) is 3.74. The zero-order chi connectivity index (χ0) is 13.2. The summed E-state index contributed by atoms with van der Waals surface area (Å²) in [5.41, 5.74) is 0.707.